The molecule has 0 fully saturated rings. The summed E-state index contributed by atoms with van der Waals surface area (Å²) in [5.41, 5.74) is 2.86. The lowest BCUT2D eigenvalue weighted by molar-refractivity contribution is 1.50. The van der Waals surface area contributed by atoms with Gasteiger partial charge in [0.1, 0.15) is 8.07 Å². The van der Waals surface area contributed by atoms with E-state index in [9.17, 15) is 0 Å². The Hall–Kier alpha value is -1.86. The summed E-state index contributed by atoms with van der Waals surface area (Å²) in [6.07, 6.45) is 0. The monoisotopic (exact) mass is 290 g/mol. The van der Waals surface area contributed by atoms with Gasteiger partial charge in [0.25, 0.3) is 0 Å². The summed E-state index contributed by atoms with van der Waals surface area (Å²) in [5, 5.41) is 6.02. The lowest BCUT2D eigenvalue weighted by Gasteiger charge is -2.33. The minimum atomic E-state index is -1.56. The van der Waals surface area contributed by atoms with Crippen molar-refractivity contribution in [2.24, 2.45) is 0 Å². The lowest BCUT2D eigenvalue weighted by Crippen LogP contribution is -2.55. The van der Waals surface area contributed by atoms with Crippen molar-refractivity contribution in [1.82, 2.24) is 0 Å². The van der Waals surface area contributed by atoms with Crippen molar-refractivity contribution in [2.45, 2.75) is 26.9 Å². The maximum atomic E-state index is 2.47. The SMILES string of the molecule is CC.C[Si]1(C)c2ccccc2-c2cccc3cccc1c23. The molecule has 4 rings (SSSR count). The quantitative estimate of drug-likeness (QED) is 0.528. The summed E-state index contributed by atoms with van der Waals surface area (Å²) >= 11 is 0. The summed E-state index contributed by atoms with van der Waals surface area (Å²) in [6.45, 7) is 8.94. The molecular formula is C20H22Si. The topological polar surface area (TPSA) is 0 Å². The van der Waals surface area contributed by atoms with Crippen LogP contribution in [-0.4, -0.2) is 8.07 Å². The predicted octanol–water partition coefficient (Wildman–Crippen LogP) is 4.67. The van der Waals surface area contributed by atoms with Gasteiger partial charge in [0, 0.05) is 0 Å². The van der Waals surface area contributed by atoms with Crippen molar-refractivity contribution in [3.8, 4) is 11.1 Å². The van der Waals surface area contributed by atoms with Gasteiger partial charge in [-0.1, -0.05) is 87.6 Å². The highest BCUT2D eigenvalue weighted by Crippen LogP contribution is 2.32. The molecule has 3 aromatic rings. The fourth-order valence-electron chi connectivity index (χ4n) is 3.49. The highest BCUT2D eigenvalue weighted by Gasteiger charge is 2.34. The summed E-state index contributed by atoms with van der Waals surface area (Å²) in [7, 11) is -1.56. The molecule has 0 saturated heterocycles. The number of benzene rings is 3. The lowest BCUT2D eigenvalue weighted by atomic mass is 9.97. The van der Waals surface area contributed by atoms with Crippen LogP contribution in [0.3, 0.4) is 0 Å². The van der Waals surface area contributed by atoms with Crippen LogP contribution in [0.1, 0.15) is 13.8 Å². The van der Waals surface area contributed by atoms with E-state index in [1.54, 1.807) is 10.4 Å². The van der Waals surface area contributed by atoms with Crippen LogP contribution >= 0.6 is 0 Å². The second kappa shape index (κ2) is 5.16. The predicted molar refractivity (Wildman–Crippen MR) is 97.5 cm³/mol. The summed E-state index contributed by atoms with van der Waals surface area (Å²) in [6, 6.07) is 22.4. The minimum Gasteiger partial charge on any atom is -0.0683 e. The van der Waals surface area contributed by atoms with E-state index in [-0.39, 0.29) is 0 Å². The summed E-state index contributed by atoms with van der Waals surface area (Å²) in [4.78, 5) is 0. The van der Waals surface area contributed by atoms with Crippen molar-refractivity contribution in [1.29, 1.82) is 0 Å². The first kappa shape index (κ1) is 14.1. The van der Waals surface area contributed by atoms with E-state index in [0.717, 1.165) is 0 Å². The van der Waals surface area contributed by atoms with Crippen molar-refractivity contribution < 1.29 is 0 Å². The second-order valence-corrected chi connectivity index (χ2v) is 10.2. The van der Waals surface area contributed by atoms with Crippen molar-refractivity contribution in [2.75, 3.05) is 0 Å². The number of fused-ring (bicyclic) bond motifs is 2. The van der Waals surface area contributed by atoms with Crippen LogP contribution in [0.25, 0.3) is 21.9 Å². The number of hydrogen-bond donors (Lipinski definition) is 0. The first-order chi connectivity index (χ1) is 10.2. The first-order valence-electron chi connectivity index (χ1n) is 7.82. The van der Waals surface area contributed by atoms with E-state index in [1.807, 2.05) is 13.8 Å². The molecule has 0 aliphatic carbocycles. The van der Waals surface area contributed by atoms with E-state index in [4.69, 9.17) is 0 Å². The fourth-order valence-corrected chi connectivity index (χ4v) is 6.61. The second-order valence-electron chi connectivity index (χ2n) is 5.88. The highest BCUT2D eigenvalue weighted by molar-refractivity contribution is 7.03. The van der Waals surface area contributed by atoms with E-state index in [1.165, 1.54) is 21.9 Å². The molecule has 106 valence electrons. The van der Waals surface area contributed by atoms with Crippen molar-refractivity contribution in [3.63, 3.8) is 0 Å². The molecule has 0 unspecified atom stereocenters. The summed E-state index contributed by atoms with van der Waals surface area (Å²) < 4.78 is 0. The van der Waals surface area contributed by atoms with Gasteiger partial charge in [0.15, 0.2) is 0 Å². The Morgan fingerprint density at radius 1 is 0.619 bits per heavy atom. The third-order valence-corrected chi connectivity index (χ3v) is 8.01. The smallest absolute Gasteiger partial charge is 0.0683 e. The highest BCUT2D eigenvalue weighted by atomic mass is 28.3. The third-order valence-electron chi connectivity index (χ3n) is 4.47. The van der Waals surface area contributed by atoms with Gasteiger partial charge in [-0.05, 0) is 32.3 Å². The standard InChI is InChI=1S/C18H16Si.C2H6/c1-19(2)16-11-4-3-9-14(16)15-10-5-7-13-8-6-12-17(19)18(13)15;1-2/h3-12H,1-2H3;1-2H3. The Labute approximate surface area is 128 Å². The first-order valence-corrected chi connectivity index (χ1v) is 10.8. The van der Waals surface area contributed by atoms with Crippen LogP contribution in [0.4, 0.5) is 0 Å². The molecule has 1 heteroatoms. The van der Waals surface area contributed by atoms with Crippen LogP contribution < -0.4 is 10.4 Å². The molecule has 1 aliphatic rings. The molecular weight excluding hydrogens is 268 g/mol. The van der Waals surface area contributed by atoms with Gasteiger partial charge in [-0.15, -0.1) is 0 Å². The molecule has 0 atom stereocenters. The van der Waals surface area contributed by atoms with Gasteiger partial charge >= 0.3 is 0 Å². The fraction of sp³-hybridized carbons (Fsp3) is 0.200. The minimum absolute atomic E-state index is 1.38. The van der Waals surface area contributed by atoms with Gasteiger partial charge in [-0.25, -0.2) is 0 Å². The van der Waals surface area contributed by atoms with Crippen LogP contribution in [0.2, 0.25) is 13.1 Å². The molecule has 0 saturated carbocycles. The molecule has 1 aliphatic heterocycles. The maximum absolute atomic E-state index is 2.47. The van der Waals surface area contributed by atoms with Gasteiger partial charge in [0.05, 0.1) is 0 Å². The Morgan fingerprint density at radius 2 is 1.19 bits per heavy atom. The van der Waals surface area contributed by atoms with Crippen LogP contribution in [0.5, 0.6) is 0 Å². The average molecular weight is 290 g/mol. The largest absolute Gasteiger partial charge is 0.113 e. The maximum Gasteiger partial charge on any atom is 0.113 e. The van der Waals surface area contributed by atoms with Crippen LogP contribution in [0, 0.1) is 0 Å². The molecule has 0 radical (unpaired) electrons. The Balaban J connectivity index is 0.000000636. The average Bonchev–Trinajstić information content (AvgIpc) is 2.55. The van der Waals surface area contributed by atoms with Crippen LogP contribution in [0.15, 0.2) is 60.7 Å². The Kier molecular flexibility index (Phi) is 3.46. The van der Waals surface area contributed by atoms with Gasteiger partial charge in [-0.3, -0.25) is 0 Å². The van der Waals surface area contributed by atoms with Gasteiger partial charge < -0.3 is 0 Å². The molecule has 0 N–H and O–H groups in total. The molecule has 21 heavy (non-hydrogen) atoms. The molecule has 0 nitrogen and oxygen atoms in total. The van der Waals surface area contributed by atoms with E-state index in [0.29, 0.717) is 0 Å². The molecule has 0 amide bonds. The summed E-state index contributed by atoms with van der Waals surface area (Å²) in [5.74, 6) is 0. The zero-order valence-corrected chi connectivity index (χ0v) is 14.3. The van der Waals surface area contributed by atoms with Crippen molar-refractivity contribution in [3.05, 3.63) is 60.7 Å². The zero-order valence-electron chi connectivity index (χ0n) is 13.3. The molecule has 0 aromatic heterocycles. The van der Waals surface area contributed by atoms with Gasteiger partial charge in [-0.2, -0.15) is 0 Å². The third kappa shape index (κ3) is 1.96. The van der Waals surface area contributed by atoms with Gasteiger partial charge in [0.2, 0.25) is 0 Å². The molecule has 1 heterocycles. The Bertz CT molecular complexity index is 795. The van der Waals surface area contributed by atoms with E-state index in [2.05, 4.69) is 73.8 Å². The van der Waals surface area contributed by atoms with E-state index < -0.39 is 8.07 Å². The van der Waals surface area contributed by atoms with E-state index >= 15 is 0 Å². The molecule has 0 spiro atoms. The normalized spacial score (nSPS) is 14.1. The van der Waals surface area contributed by atoms with Crippen molar-refractivity contribution >= 4 is 29.2 Å². The number of rotatable bonds is 0. The zero-order chi connectivity index (χ0) is 15.0. The Morgan fingerprint density at radius 3 is 1.95 bits per heavy atom. The molecule has 0 bridgehead atoms. The number of hydrogen-bond acceptors (Lipinski definition) is 0. The molecule has 3 aromatic carbocycles. The van der Waals surface area contributed by atoms with Crippen LogP contribution in [-0.2, 0) is 0 Å².